The Balaban J connectivity index is 2.36. The molecular formula is C11H24NO2P. The minimum atomic E-state index is -2.16. The van der Waals surface area contributed by atoms with Crippen LogP contribution in [0.25, 0.3) is 0 Å². The van der Waals surface area contributed by atoms with E-state index in [0.29, 0.717) is 12.1 Å². The van der Waals surface area contributed by atoms with Crippen LogP contribution in [-0.2, 0) is 4.57 Å². The first kappa shape index (κ1) is 13.2. The van der Waals surface area contributed by atoms with Crippen molar-refractivity contribution in [2.24, 2.45) is 11.7 Å². The molecule has 0 heterocycles. The van der Waals surface area contributed by atoms with E-state index in [0.717, 1.165) is 6.16 Å². The van der Waals surface area contributed by atoms with E-state index in [1.165, 1.54) is 32.1 Å². The van der Waals surface area contributed by atoms with Crippen molar-refractivity contribution in [3.05, 3.63) is 0 Å². The molecular weight excluding hydrogens is 209 g/mol. The smallest absolute Gasteiger partial charge is 0.0876 e. The van der Waals surface area contributed by atoms with Crippen LogP contribution < -0.4 is 5.73 Å². The highest BCUT2D eigenvalue weighted by atomic mass is 31.2. The topological polar surface area (TPSA) is 63.3 Å². The van der Waals surface area contributed by atoms with Crippen LogP contribution in [0.15, 0.2) is 0 Å². The summed E-state index contributed by atoms with van der Waals surface area (Å²) in [5.74, 6) is 0.625. The highest BCUT2D eigenvalue weighted by Gasteiger charge is 2.25. The van der Waals surface area contributed by atoms with Gasteiger partial charge in [0.15, 0.2) is 0 Å². The number of hydrogen-bond donors (Lipinski definition) is 2. The van der Waals surface area contributed by atoms with Crippen LogP contribution in [-0.4, -0.2) is 36.7 Å². The summed E-state index contributed by atoms with van der Waals surface area (Å²) in [6.07, 6.45) is 6.96. The molecule has 3 N–H and O–H groups in total. The maximum absolute atomic E-state index is 12.2. The van der Waals surface area contributed by atoms with E-state index in [1.807, 2.05) is 6.66 Å². The Hall–Kier alpha value is 0.150. The zero-order valence-corrected chi connectivity index (χ0v) is 10.6. The van der Waals surface area contributed by atoms with E-state index in [9.17, 15) is 9.67 Å². The Bertz CT molecular complexity index is 227. The molecule has 0 spiro atoms. The Morgan fingerprint density at radius 2 is 2.00 bits per heavy atom. The molecule has 0 aromatic rings. The van der Waals surface area contributed by atoms with Gasteiger partial charge in [0.25, 0.3) is 0 Å². The van der Waals surface area contributed by atoms with E-state index < -0.39 is 13.2 Å². The second-order valence-corrected chi connectivity index (χ2v) is 8.38. The van der Waals surface area contributed by atoms with Gasteiger partial charge in [-0.3, -0.25) is 0 Å². The molecule has 2 atom stereocenters. The zero-order chi connectivity index (χ0) is 11.3. The van der Waals surface area contributed by atoms with Gasteiger partial charge in [-0.15, -0.1) is 0 Å². The first-order chi connectivity index (χ1) is 7.03. The number of hydrogen-bond acceptors (Lipinski definition) is 3. The van der Waals surface area contributed by atoms with Gasteiger partial charge in [-0.25, -0.2) is 0 Å². The first-order valence-corrected chi connectivity index (χ1v) is 8.49. The lowest BCUT2D eigenvalue weighted by atomic mass is 9.91. The SMILES string of the molecule is CP(=O)(CC(O)CN)CC1CCCCC1. The first-order valence-electron chi connectivity index (χ1n) is 5.97. The third-order valence-electron chi connectivity index (χ3n) is 3.24. The van der Waals surface area contributed by atoms with Gasteiger partial charge in [-0.1, -0.05) is 32.1 Å². The average Bonchev–Trinajstić information content (AvgIpc) is 2.17. The van der Waals surface area contributed by atoms with Crippen LogP contribution in [0.4, 0.5) is 0 Å². The zero-order valence-electron chi connectivity index (χ0n) is 9.69. The van der Waals surface area contributed by atoms with Crippen molar-refractivity contribution < 1.29 is 9.67 Å². The second-order valence-electron chi connectivity index (χ2n) is 5.06. The summed E-state index contributed by atoms with van der Waals surface area (Å²) in [4.78, 5) is 0. The van der Waals surface area contributed by atoms with Gasteiger partial charge < -0.3 is 15.4 Å². The summed E-state index contributed by atoms with van der Waals surface area (Å²) < 4.78 is 12.2. The molecule has 0 aromatic carbocycles. The van der Waals surface area contributed by atoms with Crippen molar-refractivity contribution in [2.75, 3.05) is 25.5 Å². The highest BCUT2D eigenvalue weighted by Crippen LogP contribution is 2.46. The lowest BCUT2D eigenvalue weighted by Crippen LogP contribution is -2.25. The minimum Gasteiger partial charge on any atom is -0.391 e. The maximum atomic E-state index is 12.2. The largest absolute Gasteiger partial charge is 0.391 e. The number of aliphatic hydroxyl groups is 1. The quantitative estimate of drug-likeness (QED) is 0.713. The summed E-state index contributed by atoms with van der Waals surface area (Å²) in [5.41, 5.74) is 5.34. The molecule has 2 unspecified atom stereocenters. The van der Waals surface area contributed by atoms with Gasteiger partial charge in [-0.05, 0) is 12.6 Å². The predicted octanol–water partition coefficient (Wildman–Crippen LogP) is 1.88. The molecule has 0 bridgehead atoms. The second kappa shape index (κ2) is 6.03. The number of rotatable bonds is 5. The van der Waals surface area contributed by atoms with Gasteiger partial charge >= 0.3 is 0 Å². The standard InChI is InChI=1S/C11H24NO2P/c1-15(14,9-11(13)7-12)8-10-5-3-2-4-6-10/h10-11,13H,2-9,12H2,1H3. The molecule has 1 saturated carbocycles. The van der Waals surface area contributed by atoms with Gasteiger partial charge in [0, 0.05) is 18.9 Å². The van der Waals surface area contributed by atoms with E-state index in [1.54, 1.807) is 0 Å². The van der Waals surface area contributed by atoms with E-state index in [4.69, 9.17) is 5.73 Å². The molecule has 1 aliphatic carbocycles. The van der Waals surface area contributed by atoms with Crippen LogP contribution >= 0.6 is 7.14 Å². The van der Waals surface area contributed by atoms with Gasteiger partial charge in [0.1, 0.15) is 0 Å². The molecule has 0 aromatic heterocycles. The Morgan fingerprint density at radius 1 is 1.40 bits per heavy atom. The Morgan fingerprint density at radius 3 is 2.53 bits per heavy atom. The fourth-order valence-electron chi connectivity index (χ4n) is 2.51. The van der Waals surface area contributed by atoms with Crippen molar-refractivity contribution in [2.45, 2.75) is 38.2 Å². The normalized spacial score (nSPS) is 24.7. The molecule has 1 aliphatic rings. The van der Waals surface area contributed by atoms with E-state index in [2.05, 4.69) is 0 Å². The molecule has 90 valence electrons. The van der Waals surface area contributed by atoms with Crippen molar-refractivity contribution in [3.63, 3.8) is 0 Å². The number of aliphatic hydroxyl groups excluding tert-OH is 1. The molecule has 1 rings (SSSR count). The third-order valence-corrected chi connectivity index (χ3v) is 5.72. The van der Waals surface area contributed by atoms with Crippen molar-refractivity contribution in [1.82, 2.24) is 0 Å². The van der Waals surface area contributed by atoms with Gasteiger partial charge in [0.2, 0.25) is 0 Å². The summed E-state index contributed by atoms with van der Waals surface area (Å²) in [6.45, 7) is 2.04. The van der Waals surface area contributed by atoms with Crippen molar-refractivity contribution in [3.8, 4) is 0 Å². The third kappa shape index (κ3) is 5.14. The van der Waals surface area contributed by atoms with E-state index >= 15 is 0 Å². The minimum absolute atomic E-state index is 0.225. The lowest BCUT2D eigenvalue weighted by Gasteiger charge is -2.25. The molecule has 0 aliphatic heterocycles. The molecule has 1 fully saturated rings. The Labute approximate surface area is 92.8 Å². The van der Waals surface area contributed by atoms with Gasteiger partial charge in [-0.2, -0.15) is 0 Å². The fourth-order valence-corrected chi connectivity index (χ4v) is 5.16. The van der Waals surface area contributed by atoms with Crippen molar-refractivity contribution in [1.29, 1.82) is 0 Å². The predicted molar refractivity (Wildman–Crippen MR) is 64.9 cm³/mol. The average molecular weight is 233 g/mol. The van der Waals surface area contributed by atoms with E-state index in [-0.39, 0.29) is 6.54 Å². The van der Waals surface area contributed by atoms with Crippen LogP contribution in [0.5, 0.6) is 0 Å². The number of nitrogens with two attached hydrogens (primary N) is 1. The Kier molecular flexibility index (Phi) is 5.31. The molecule has 3 nitrogen and oxygen atoms in total. The van der Waals surface area contributed by atoms with Crippen molar-refractivity contribution >= 4 is 7.14 Å². The molecule has 15 heavy (non-hydrogen) atoms. The summed E-state index contributed by atoms with van der Waals surface area (Å²) in [7, 11) is -2.16. The van der Waals surface area contributed by atoms with Crippen LogP contribution in [0.2, 0.25) is 0 Å². The molecule has 0 saturated heterocycles. The highest BCUT2D eigenvalue weighted by molar-refractivity contribution is 7.63. The monoisotopic (exact) mass is 233 g/mol. The van der Waals surface area contributed by atoms with Crippen LogP contribution in [0.1, 0.15) is 32.1 Å². The molecule has 0 radical (unpaired) electrons. The maximum Gasteiger partial charge on any atom is 0.0876 e. The summed E-state index contributed by atoms with van der Waals surface area (Å²) >= 11 is 0. The summed E-state index contributed by atoms with van der Waals surface area (Å²) in [6, 6.07) is 0. The molecule has 4 heteroatoms. The van der Waals surface area contributed by atoms with Gasteiger partial charge in [0.05, 0.1) is 13.2 Å². The fraction of sp³-hybridized carbons (Fsp3) is 1.00. The van der Waals surface area contributed by atoms with Crippen LogP contribution in [0.3, 0.4) is 0 Å². The summed E-state index contributed by atoms with van der Waals surface area (Å²) in [5, 5.41) is 9.43. The van der Waals surface area contributed by atoms with Crippen LogP contribution in [0, 0.1) is 5.92 Å². The lowest BCUT2D eigenvalue weighted by molar-refractivity contribution is 0.205. The molecule has 0 amide bonds.